The lowest BCUT2D eigenvalue weighted by Gasteiger charge is -2.34. The van der Waals surface area contributed by atoms with E-state index in [4.69, 9.17) is 0 Å². The molecule has 2 amide bonds. The molecule has 1 heterocycles. The molecule has 26 heavy (non-hydrogen) atoms. The SMILES string of the molecule is CCCc1ccc(S(=O)(=O)NC2CCN(C(=O)NC(C)(C)C)CC2)cc1. The second-order valence-electron chi connectivity index (χ2n) is 7.96. The molecule has 2 N–H and O–H groups in total. The highest BCUT2D eigenvalue weighted by Crippen LogP contribution is 2.17. The van der Waals surface area contributed by atoms with Crippen LogP contribution in [0.2, 0.25) is 0 Å². The number of rotatable bonds is 5. The molecule has 7 heteroatoms. The van der Waals surface area contributed by atoms with Crippen molar-refractivity contribution in [2.24, 2.45) is 0 Å². The molecule has 1 aliphatic rings. The summed E-state index contributed by atoms with van der Waals surface area (Å²) >= 11 is 0. The summed E-state index contributed by atoms with van der Waals surface area (Å²) < 4.78 is 27.9. The van der Waals surface area contributed by atoms with Crippen LogP contribution in [0.3, 0.4) is 0 Å². The number of carbonyl (C=O) groups excluding carboxylic acids is 1. The topological polar surface area (TPSA) is 78.5 Å². The Morgan fingerprint density at radius 2 is 1.73 bits per heavy atom. The molecule has 0 saturated carbocycles. The van der Waals surface area contributed by atoms with Crippen molar-refractivity contribution in [2.75, 3.05) is 13.1 Å². The van der Waals surface area contributed by atoms with E-state index in [0.717, 1.165) is 18.4 Å². The first-order valence-corrected chi connectivity index (χ1v) is 10.8. The zero-order chi connectivity index (χ0) is 19.4. The largest absolute Gasteiger partial charge is 0.333 e. The quantitative estimate of drug-likeness (QED) is 0.823. The molecule has 0 bridgehead atoms. The molecule has 0 aromatic heterocycles. The number of sulfonamides is 1. The van der Waals surface area contributed by atoms with Gasteiger partial charge in [-0.3, -0.25) is 0 Å². The lowest BCUT2D eigenvalue weighted by Crippen LogP contribution is -2.53. The summed E-state index contributed by atoms with van der Waals surface area (Å²) in [7, 11) is -3.53. The number of likely N-dealkylation sites (tertiary alicyclic amines) is 1. The van der Waals surface area contributed by atoms with Crippen LogP contribution < -0.4 is 10.0 Å². The smallest absolute Gasteiger partial charge is 0.317 e. The number of benzene rings is 1. The minimum absolute atomic E-state index is 0.0923. The highest BCUT2D eigenvalue weighted by atomic mass is 32.2. The third-order valence-electron chi connectivity index (χ3n) is 4.36. The predicted molar refractivity (Wildman–Crippen MR) is 104 cm³/mol. The van der Waals surface area contributed by atoms with Crippen molar-refractivity contribution in [3.63, 3.8) is 0 Å². The summed E-state index contributed by atoms with van der Waals surface area (Å²) in [6.45, 7) is 9.02. The number of carbonyl (C=O) groups is 1. The predicted octanol–water partition coefficient (Wildman–Crippen LogP) is 2.89. The van der Waals surface area contributed by atoms with Crippen LogP contribution in [0.5, 0.6) is 0 Å². The Balaban J connectivity index is 1.90. The van der Waals surface area contributed by atoms with Gasteiger partial charge >= 0.3 is 6.03 Å². The summed E-state index contributed by atoms with van der Waals surface area (Å²) in [6.07, 6.45) is 3.21. The molecule has 1 fully saturated rings. The van der Waals surface area contributed by atoms with E-state index in [0.29, 0.717) is 30.8 Å². The molecule has 2 rings (SSSR count). The first-order chi connectivity index (χ1) is 12.1. The minimum Gasteiger partial charge on any atom is -0.333 e. The molecule has 146 valence electrons. The number of amides is 2. The molecule has 1 aromatic carbocycles. The lowest BCUT2D eigenvalue weighted by molar-refractivity contribution is 0.172. The van der Waals surface area contributed by atoms with E-state index in [1.807, 2.05) is 32.9 Å². The average Bonchev–Trinajstić information content (AvgIpc) is 2.54. The first-order valence-electron chi connectivity index (χ1n) is 9.29. The van der Waals surface area contributed by atoms with Crippen LogP contribution in [0.25, 0.3) is 0 Å². The fourth-order valence-electron chi connectivity index (χ4n) is 3.01. The molecule has 0 atom stereocenters. The monoisotopic (exact) mass is 381 g/mol. The van der Waals surface area contributed by atoms with Crippen LogP contribution in [0.1, 0.15) is 52.5 Å². The van der Waals surface area contributed by atoms with Crippen molar-refractivity contribution in [3.05, 3.63) is 29.8 Å². The highest BCUT2D eigenvalue weighted by molar-refractivity contribution is 7.89. The Morgan fingerprint density at radius 1 is 1.15 bits per heavy atom. The second-order valence-corrected chi connectivity index (χ2v) is 9.67. The molecule has 0 unspecified atom stereocenters. The van der Waals surface area contributed by atoms with Gasteiger partial charge in [-0.15, -0.1) is 0 Å². The van der Waals surface area contributed by atoms with Crippen LogP contribution in [0.15, 0.2) is 29.2 Å². The zero-order valence-corrected chi connectivity index (χ0v) is 17.0. The zero-order valence-electron chi connectivity index (χ0n) is 16.2. The van der Waals surface area contributed by atoms with Gasteiger partial charge in [0.2, 0.25) is 10.0 Å². The molecule has 6 nitrogen and oxygen atoms in total. The third kappa shape index (κ3) is 5.99. The summed E-state index contributed by atoms with van der Waals surface area (Å²) in [5.41, 5.74) is 0.865. The van der Waals surface area contributed by atoms with Gasteiger partial charge in [0.25, 0.3) is 0 Å². The summed E-state index contributed by atoms with van der Waals surface area (Å²) in [5.74, 6) is 0. The highest BCUT2D eigenvalue weighted by Gasteiger charge is 2.28. The van der Waals surface area contributed by atoms with Gasteiger partial charge in [-0.1, -0.05) is 25.5 Å². The van der Waals surface area contributed by atoms with Crippen LogP contribution in [0, 0.1) is 0 Å². The van der Waals surface area contributed by atoms with Gasteiger partial charge in [0, 0.05) is 24.7 Å². The number of piperidine rings is 1. The molecule has 1 saturated heterocycles. The van der Waals surface area contributed by atoms with Crippen molar-refractivity contribution < 1.29 is 13.2 Å². The van der Waals surface area contributed by atoms with Crippen LogP contribution >= 0.6 is 0 Å². The van der Waals surface area contributed by atoms with Crippen LogP contribution in [-0.2, 0) is 16.4 Å². The molecular weight excluding hydrogens is 350 g/mol. The number of urea groups is 1. The Kier molecular flexibility index (Phi) is 6.69. The lowest BCUT2D eigenvalue weighted by atomic mass is 10.1. The maximum atomic E-state index is 12.6. The summed E-state index contributed by atoms with van der Waals surface area (Å²) in [5, 5.41) is 2.94. The van der Waals surface area contributed by atoms with Crippen molar-refractivity contribution in [1.82, 2.24) is 14.9 Å². The summed E-state index contributed by atoms with van der Waals surface area (Å²) in [6, 6.07) is 6.84. The maximum Gasteiger partial charge on any atom is 0.317 e. The van der Waals surface area contributed by atoms with E-state index in [1.165, 1.54) is 0 Å². The molecule has 0 aliphatic carbocycles. The van der Waals surface area contributed by atoms with Gasteiger partial charge < -0.3 is 10.2 Å². The second kappa shape index (κ2) is 8.39. The van der Waals surface area contributed by atoms with Gasteiger partial charge in [0.1, 0.15) is 0 Å². The van der Waals surface area contributed by atoms with Gasteiger partial charge in [0.05, 0.1) is 4.90 Å². The molecule has 0 radical (unpaired) electrons. The van der Waals surface area contributed by atoms with E-state index >= 15 is 0 Å². The fourth-order valence-corrected chi connectivity index (χ4v) is 4.32. The van der Waals surface area contributed by atoms with Crippen molar-refractivity contribution in [1.29, 1.82) is 0 Å². The fraction of sp³-hybridized carbons (Fsp3) is 0.632. The minimum atomic E-state index is -3.53. The standard InChI is InChI=1S/C19H31N3O3S/c1-5-6-15-7-9-17(10-8-15)26(24,25)21-16-11-13-22(14-12-16)18(23)20-19(2,3)4/h7-10,16,21H,5-6,11-14H2,1-4H3,(H,20,23). The molecule has 1 aromatic rings. The Hall–Kier alpha value is -1.60. The number of hydrogen-bond donors (Lipinski definition) is 2. The van der Waals surface area contributed by atoms with E-state index in [-0.39, 0.29) is 17.6 Å². The van der Waals surface area contributed by atoms with Gasteiger partial charge in [-0.25, -0.2) is 17.9 Å². The molecular formula is C19H31N3O3S. The number of hydrogen-bond acceptors (Lipinski definition) is 3. The Bertz CT molecular complexity index is 701. The third-order valence-corrected chi connectivity index (χ3v) is 5.89. The van der Waals surface area contributed by atoms with Gasteiger partial charge in [-0.05, 0) is 57.7 Å². The average molecular weight is 382 g/mol. The van der Waals surface area contributed by atoms with Crippen molar-refractivity contribution in [3.8, 4) is 0 Å². The number of nitrogens with zero attached hydrogens (tertiary/aromatic N) is 1. The Morgan fingerprint density at radius 3 is 2.23 bits per heavy atom. The Labute approximate surface area is 157 Å². The molecule has 0 spiro atoms. The van der Waals surface area contributed by atoms with E-state index in [9.17, 15) is 13.2 Å². The number of nitrogens with one attached hydrogen (secondary N) is 2. The van der Waals surface area contributed by atoms with Gasteiger partial charge in [0.15, 0.2) is 0 Å². The van der Waals surface area contributed by atoms with Crippen molar-refractivity contribution in [2.45, 2.75) is 69.9 Å². The van der Waals surface area contributed by atoms with Crippen LogP contribution in [0.4, 0.5) is 4.79 Å². The van der Waals surface area contributed by atoms with Crippen molar-refractivity contribution >= 4 is 16.1 Å². The van der Waals surface area contributed by atoms with Gasteiger partial charge in [-0.2, -0.15) is 0 Å². The maximum absolute atomic E-state index is 12.6. The number of aryl methyl sites for hydroxylation is 1. The molecule has 1 aliphatic heterocycles. The summed E-state index contributed by atoms with van der Waals surface area (Å²) in [4.78, 5) is 14.2. The van der Waals surface area contributed by atoms with E-state index < -0.39 is 10.0 Å². The van der Waals surface area contributed by atoms with E-state index in [1.54, 1.807) is 17.0 Å². The van der Waals surface area contributed by atoms with E-state index in [2.05, 4.69) is 17.0 Å². The first kappa shape index (κ1) is 20.7. The van der Waals surface area contributed by atoms with Crippen LogP contribution in [-0.4, -0.2) is 44.0 Å². The normalized spacial score (nSPS) is 16.5.